The van der Waals surface area contributed by atoms with Crippen molar-refractivity contribution in [1.82, 2.24) is 9.55 Å². The normalized spacial score (nSPS) is 10.8. The van der Waals surface area contributed by atoms with E-state index in [9.17, 15) is 9.59 Å². The monoisotopic (exact) mass is 374 g/mol. The van der Waals surface area contributed by atoms with E-state index in [1.54, 1.807) is 18.2 Å². The van der Waals surface area contributed by atoms with Gasteiger partial charge in [0.1, 0.15) is 0 Å². The van der Waals surface area contributed by atoms with Crippen LogP contribution in [0.3, 0.4) is 0 Å². The minimum atomic E-state index is -0.424. The van der Waals surface area contributed by atoms with Crippen molar-refractivity contribution < 1.29 is 14.0 Å². The van der Waals surface area contributed by atoms with Crippen LogP contribution in [0.15, 0.2) is 65.7 Å². The molecular formula is C21H18N4O3. The Morgan fingerprint density at radius 3 is 2.64 bits per heavy atom. The summed E-state index contributed by atoms with van der Waals surface area (Å²) >= 11 is 0. The molecule has 0 saturated carbocycles. The summed E-state index contributed by atoms with van der Waals surface area (Å²) in [6.07, 6.45) is 4.47. The molecule has 0 fully saturated rings. The first kappa shape index (κ1) is 17.5. The summed E-state index contributed by atoms with van der Waals surface area (Å²) in [6.45, 7) is 1.85. The van der Waals surface area contributed by atoms with Gasteiger partial charge in [-0.3, -0.25) is 9.59 Å². The molecule has 0 aliphatic carbocycles. The molecule has 2 aromatic heterocycles. The van der Waals surface area contributed by atoms with E-state index in [2.05, 4.69) is 15.6 Å². The minimum absolute atomic E-state index is 0.102. The number of carbonyl (C=O) groups is 2. The second kappa shape index (κ2) is 7.03. The third kappa shape index (κ3) is 3.25. The number of nitrogens with zero attached hydrogens (tertiary/aromatic N) is 2. The topological polar surface area (TPSA) is 89.2 Å². The molecule has 0 atom stereocenters. The zero-order chi connectivity index (χ0) is 19.7. The van der Waals surface area contributed by atoms with Crippen molar-refractivity contribution >= 4 is 34.1 Å². The number of aromatic nitrogens is 2. The summed E-state index contributed by atoms with van der Waals surface area (Å²) in [5.74, 6) is -0.580. The molecule has 0 aliphatic rings. The first-order valence-corrected chi connectivity index (χ1v) is 8.69. The highest BCUT2D eigenvalue weighted by atomic mass is 16.3. The first-order valence-electron chi connectivity index (χ1n) is 8.69. The molecule has 0 spiro atoms. The van der Waals surface area contributed by atoms with Gasteiger partial charge in [-0.1, -0.05) is 12.1 Å². The maximum atomic E-state index is 12.8. The van der Waals surface area contributed by atoms with Gasteiger partial charge in [0.15, 0.2) is 6.39 Å². The summed E-state index contributed by atoms with van der Waals surface area (Å²) in [4.78, 5) is 28.7. The van der Waals surface area contributed by atoms with Crippen molar-refractivity contribution in [2.45, 2.75) is 6.92 Å². The van der Waals surface area contributed by atoms with Gasteiger partial charge in [-0.25, -0.2) is 4.98 Å². The van der Waals surface area contributed by atoms with Crippen LogP contribution in [0.25, 0.3) is 10.9 Å². The Morgan fingerprint density at radius 1 is 1.04 bits per heavy atom. The highest BCUT2D eigenvalue weighted by Crippen LogP contribution is 2.25. The lowest BCUT2D eigenvalue weighted by molar-refractivity contribution is 0.0993. The third-order valence-corrected chi connectivity index (χ3v) is 4.58. The van der Waals surface area contributed by atoms with Gasteiger partial charge < -0.3 is 19.6 Å². The number of anilines is 2. The number of hydrogen-bond acceptors (Lipinski definition) is 4. The summed E-state index contributed by atoms with van der Waals surface area (Å²) in [6, 6.07) is 12.9. The van der Waals surface area contributed by atoms with E-state index in [0.717, 1.165) is 22.2 Å². The molecule has 0 radical (unpaired) electrons. The second-order valence-electron chi connectivity index (χ2n) is 6.47. The fraction of sp³-hybridized carbons (Fsp3) is 0.0952. The van der Waals surface area contributed by atoms with E-state index >= 15 is 0 Å². The molecule has 7 nitrogen and oxygen atoms in total. The van der Waals surface area contributed by atoms with Crippen molar-refractivity contribution in [1.29, 1.82) is 0 Å². The van der Waals surface area contributed by atoms with Gasteiger partial charge >= 0.3 is 0 Å². The van der Waals surface area contributed by atoms with Gasteiger partial charge in [0.05, 0.1) is 11.9 Å². The van der Waals surface area contributed by atoms with Crippen LogP contribution in [-0.2, 0) is 7.05 Å². The Morgan fingerprint density at radius 2 is 1.86 bits per heavy atom. The lowest BCUT2D eigenvalue weighted by Crippen LogP contribution is -2.15. The molecule has 0 saturated heterocycles. The lowest BCUT2D eigenvalue weighted by Gasteiger charge is -2.11. The van der Waals surface area contributed by atoms with Crippen molar-refractivity contribution in [3.05, 3.63) is 78.1 Å². The van der Waals surface area contributed by atoms with E-state index in [1.165, 1.54) is 12.6 Å². The average molecular weight is 374 g/mol. The molecule has 2 amide bonds. The molecular weight excluding hydrogens is 356 g/mol. The molecule has 7 heteroatoms. The van der Waals surface area contributed by atoms with Crippen LogP contribution in [0.5, 0.6) is 0 Å². The van der Waals surface area contributed by atoms with E-state index in [0.29, 0.717) is 11.3 Å². The highest BCUT2D eigenvalue weighted by molar-refractivity contribution is 6.10. The number of oxazole rings is 1. The number of amides is 2. The standard InChI is InChI=1S/C21H18N4O3/c1-13-6-7-14(10-17(13)24-21(27)19-11-22-12-28-19)20(26)23-16-4-3-5-18-15(16)8-9-25(18)2/h3-12H,1-2H3,(H,23,26)(H,24,27). The smallest absolute Gasteiger partial charge is 0.293 e. The molecule has 140 valence electrons. The maximum Gasteiger partial charge on any atom is 0.293 e. The SMILES string of the molecule is Cc1ccc(C(=O)Nc2cccc3c2ccn3C)cc1NC(=O)c1cnco1. The van der Waals surface area contributed by atoms with Crippen LogP contribution >= 0.6 is 0 Å². The molecule has 4 rings (SSSR count). The van der Waals surface area contributed by atoms with Gasteiger partial charge in [-0.15, -0.1) is 0 Å². The van der Waals surface area contributed by atoms with Gasteiger partial charge in [0, 0.05) is 35.4 Å². The number of fused-ring (bicyclic) bond motifs is 1. The number of rotatable bonds is 4. The van der Waals surface area contributed by atoms with Gasteiger partial charge in [-0.2, -0.15) is 0 Å². The fourth-order valence-electron chi connectivity index (χ4n) is 3.02. The van der Waals surface area contributed by atoms with E-state index in [1.807, 2.05) is 49.0 Å². The first-order chi connectivity index (χ1) is 13.5. The van der Waals surface area contributed by atoms with E-state index in [4.69, 9.17) is 4.42 Å². The van der Waals surface area contributed by atoms with Crippen LogP contribution in [0.4, 0.5) is 11.4 Å². The van der Waals surface area contributed by atoms with Crippen LogP contribution in [-0.4, -0.2) is 21.4 Å². The summed E-state index contributed by atoms with van der Waals surface area (Å²) in [5.41, 5.74) is 3.56. The van der Waals surface area contributed by atoms with Crippen LogP contribution in [0, 0.1) is 6.92 Å². The molecule has 0 bridgehead atoms. The Bertz CT molecular complexity index is 1180. The lowest BCUT2D eigenvalue weighted by atomic mass is 10.1. The number of hydrogen-bond donors (Lipinski definition) is 2. The Balaban J connectivity index is 1.58. The molecule has 0 unspecified atom stereocenters. The molecule has 4 aromatic rings. The molecule has 0 aliphatic heterocycles. The molecule has 2 aromatic carbocycles. The summed E-state index contributed by atoms with van der Waals surface area (Å²) < 4.78 is 7.00. The number of carbonyl (C=O) groups excluding carboxylic acids is 2. The number of aryl methyl sites for hydroxylation is 2. The maximum absolute atomic E-state index is 12.8. The number of benzene rings is 2. The zero-order valence-electron chi connectivity index (χ0n) is 15.4. The van der Waals surface area contributed by atoms with E-state index < -0.39 is 5.91 Å². The average Bonchev–Trinajstić information content (AvgIpc) is 3.35. The molecule has 2 N–H and O–H groups in total. The Labute approximate surface area is 161 Å². The van der Waals surface area contributed by atoms with Gasteiger partial charge in [-0.05, 0) is 42.8 Å². The largest absolute Gasteiger partial charge is 0.438 e. The Hall–Kier alpha value is -3.87. The van der Waals surface area contributed by atoms with Crippen LogP contribution in [0.2, 0.25) is 0 Å². The summed E-state index contributed by atoms with van der Waals surface area (Å²) in [5, 5.41) is 6.66. The minimum Gasteiger partial charge on any atom is -0.438 e. The predicted molar refractivity (Wildman–Crippen MR) is 107 cm³/mol. The highest BCUT2D eigenvalue weighted by Gasteiger charge is 2.14. The van der Waals surface area contributed by atoms with Gasteiger partial charge in [0.2, 0.25) is 5.76 Å². The predicted octanol–water partition coefficient (Wildman–Crippen LogP) is 3.98. The zero-order valence-corrected chi connectivity index (χ0v) is 15.4. The second-order valence-corrected chi connectivity index (χ2v) is 6.47. The van der Waals surface area contributed by atoms with Crippen molar-refractivity contribution in [3.63, 3.8) is 0 Å². The fourth-order valence-corrected chi connectivity index (χ4v) is 3.02. The Kier molecular flexibility index (Phi) is 4.41. The summed E-state index contributed by atoms with van der Waals surface area (Å²) in [7, 11) is 1.96. The van der Waals surface area contributed by atoms with Crippen LogP contribution < -0.4 is 10.6 Å². The van der Waals surface area contributed by atoms with Crippen LogP contribution in [0.1, 0.15) is 26.5 Å². The van der Waals surface area contributed by atoms with Crippen molar-refractivity contribution in [2.24, 2.45) is 7.05 Å². The van der Waals surface area contributed by atoms with E-state index in [-0.39, 0.29) is 11.7 Å². The van der Waals surface area contributed by atoms with Crippen molar-refractivity contribution in [3.8, 4) is 0 Å². The third-order valence-electron chi connectivity index (χ3n) is 4.58. The van der Waals surface area contributed by atoms with Crippen molar-refractivity contribution in [2.75, 3.05) is 10.6 Å². The van der Waals surface area contributed by atoms with Gasteiger partial charge in [0.25, 0.3) is 11.8 Å². The number of nitrogens with one attached hydrogen (secondary N) is 2. The molecule has 28 heavy (non-hydrogen) atoms. The quantitative estimate of drug-likeness (QED) is 0.565. The molecule has 2 heterocycles.